The Kier molecular flexibility index (Phi) is 8.91. The second kappa shape index (κ2) is 10.6. The van der Waals surface area contributed by atoms with E-state index in [0.717, 1.165) is 12.2 Å². The summed E-state index contributed by atoms with van der Waals surface area (Å²) in [6.45, 7) is 3.19. The first-order chi connectivity index (χ1) is 9.77. The standard InChI is InChI=1S/C17H25ClN2/c1-2-3-4-5-6-7-8-9-12-20-17-11-10-15(14-19)13-16(17)18/h10-11,13,20H,2-9,12H2,1H3. The summed E-state index contributed by atoms with van der Waals surface area (Å²) in [5, 5.41) is 12.7. The average Bonchev–Trinajstić information content (AvgIpc) is 2.47. The predicted molar refractivity (Wildman–Crippen MR) is 87.3 cm³/mol. The lowest BCUT2D eigenvalue weighted by Crippen LogP contribution is -2.02. The van der Waals surface area contributed by atoms with Crippen molar-refractivity contribution in [3.8, 4) is 6.07 Å². The highest BCUT2D eigenvalue weighted by Gasteiger charge is 2.00. The molecule has 0 heterocycles. The zero-order valence-corrected chi connectivity index (χ0v) is 13.2. The van der Waals surface area contributed by atoms with Crippen LogP contribution in [-0.2, 0) is 0 Å². The molecule has 0 aliphatic heterocycles. The van der Waals surface area contributed by atoms with E-state index in [-0.39, 0.29) is 0 Å². The van der Waals surface area contributed by atoms with Gasteiger partial charge < -0.3 is 5.32 Å². The summed E-state index contributed by atoms with van der Waals surface area (Å²) in [4.78, 5) is 0. The molecule has 1 rings (SSSR count). The Hall–Kier alpha value is -1.20. The molecule has 1 aromatic rings. The SMILES string of the molecule is CCCCCCCCCCNc1ccc(C#N)cc1Cl. The van der Waals surface area contributed by atoms with Gasteiger partial charge in [0, 0.05) is 6.54 Å². The smallest absolute Gasteiger partial charge is 0.0992 e. The number of hydrogen-bond acceptors (Lipinski definition) is 2. The van der Waals surface area contributed by atoms with Crippen LogP contribution in [0.4, 0.5) is 5.69 Å². The zero-order valence-electron chi connectivity index (χ0n) is 12.4. The molecular weight excluding hydrogens is 268 g/mol. The van der Waals surface area contributed by atoms with E-state index < -0.39 is 0 Å². The molecule has 0 saturated carbocycles. The summed E-state index contributed by atoms with van der Waals surface area (Å²) in [5.74, 6) is 0. The Morgan fingerprint density at radius 1 is 1.05 bits per heavy atom. The van der Waals surface area contributed by atoms with Gasteiger partial charge in [-0.25, -0.2) is 0 Å². The maximum atomic E-state index is 8.77. The van der Waals surface area contributed by atoms with Crippen molar-refractivity contribution >= 4 is 17.3 Å². The van der Waals surface area contributed by atoms with Crippen molar-refractivity contribution in [1.82, 2.24) is 0 Å². The van der Waals surface area contributed by atoms with Crippen LogP contribution in [0.1, 0.15) is 63.9 Å². The van der Waals surface area contributed by atoms with Crippen molar-refractivity contribution in [2.45, 2.75) is 58.3 Å². The summed E-state index contributed by atoms with van der Waals surface area (Å²) < 4.78 is 0. The third-order valence-corrected chi connectivity index (χ3v) is 3.76. The molecule has 0 aliphatic carbocycles. The van der Waals surface area contributed by atoms with Gasteiger partial charge in [0.2, 0.25) is 0 Å². The molecule has 0 saturated heterocycles. The fourth-order valence-electron chi connectivity index (χ4n) is 2.21. The number of unbranched alkanes of at least 4 members (excludes halogenated alkanes) is 7. The number of rotatable bonds is 10. The van der Waals surface area contributed by atoms with E-state index in [0.29, 0.717) is 10.6 Å². The summed E-state index contributed by atoms with van der Waals surface area (Å²) in [6.07, 6.45) is 10.6. The number of benzene rings is 1. The molecule has 3 heteroatoms. The molecule has 110 valence electrons. The normalized spacial score (nSPS) is 10.2. The molecule has 0 spiro atoms. The maximum absolute atomic E-state index is 8.77. The lowest BCUT2D eigenvalue weighted by Gasteiger charge is -2.08. The summed E-state index contributed by atoms with van der Waals surface area (Å²) in [7, 11) is 0. The van der Waals surface area contributed by atoms with E-state index in [9.17, 15) is 0 Å². The van der Waals surface area contributed by atoms with Gasteiger partial charge in [-0.2, -0.15) is 5.26 Å². The van der Waals surface area contributed by atoms with Crippen molar-refractivity contribution < 1.29 is 0 Å². The molecule has 0 bridgehead atoms. The number of hydrogen-bond donors (Lipinski definition) is 1. The van der Waals surface area contributed by atoms with E-state index in [2.05, 4.69) is 18.3 Å². The van der Waals surface area contributed by atoms with Gasteiger partial charge in [0.05, 0.1) is 22.3 Å². The molecule has 20 heavy (non-hydrogen) atoms. The highest BCUT2D eigenvalue weighted by molar-refractivity contribution is 6.33. The van der Waals surface area contributed by atoms with E-state index in [1.54, 1.807) is 12.1 Å². The van der Waals surface area contributed by atoms with Crippen LogP contribution in [0.15, 0.2) is 18.2 Å². The van der Waals surface area contributed by atoms with Gasteiger partial charge in [0.1, 0.15) is 0 Å². The van der Waals surface area contributed by atoms with E-state index in [1.165, 1.54) is 51.4 Å². The van der Waals surface area contributed by atoms with Gasteiger partial charge in [-0.05, 0) is 24.6 Å². The van der Waals surface area contributed by atoms with Crippen LogP contribution in [0.2, 0.25) is 5.02 Å². The molecule has 0 amide bonds. The van der Waals surface area contributed by atoms with Crippen LogP contribution in [0.3, 0.4) is 0 Å². The van der Waals surface area contributed by atoms with Crippen LogP contribution in [-0.4, -0.2) is 6.54 Å². The van der Waals surface area contributed by atoms with Crippen molar-refractivity contribution in [1.29, 1.82) is 5.26 Å². The highest BCUT2D eigenvalue weighted by Crippen LogP contribution is 2.22. The minimum Gasteiger partial charge on any atom is -0.384 e. The number of nitrogens with zero attached hydrogens (tertiary/aromatic N) is 1. The van der Waals surface area contributed by atoms with Crippen molar-refractivity contribution in [2.75, 3.05) is 11.9 Å². The lowest BCUT2D eigenvalue weighted by atomic mass is 10.1. The first kappa shape index (κ1) is 16.9. The summed E-state index contributed by atoms with van der Waals surface area (Å²) in [5.41, 5.74) is 1.53. The Morgan fingerprint density at radius 2 is 1.70 bits per heavy atom. The topological polar surface area (TPSA) is 35.8 Å². The molecule has 1 N–H and O–H groups in total. The molecule has 2 nitrogen and oxygen atoms in total. The van der Waals surface area contributed by atoms with Crippen LogP contribution in [0, 0.1) is 11.3 Å². The zero-order chi connectivity index (χ0) is 14.6. The fourth-order valence-corrected chi connectivity index (χ4v) is 2.46. The number of nitrogens with one attached hydrogen (secondary N) is 1. The van der Waals surface area contributed by atoms with Crippen LogP contribution in [0.25, 0.3) is 0 Å². The average molecular weight is 293 g/mol. The molecular formula is C17H25ClN2. The molecule has 0 atom stereocenters. The van der Waals surface area contributed by atoms with Crippen LogP contribution >= 0.6 is 11.6 Å². The molecule has 0 aromatic heterocycles. The molecule has 0 fully saturated rings. The number of halogens is 1. The van der Waals surface area contributed by atoms with E-state index in [4.69, 9.17) is 16.9 Å². The summed E-state index contributed by atoms with van der Waals surface area (Å²) in [6, 6.07) is 7.47. The quantitative estimate of drug-likeness (QED) is 0.556. The molecule has 0 radical (unpaired) electrons. The van der Waals surface area contributed by atoms with Gasteiger partial charge in [-0.1, -0.05) is 63.5 Å². The first-order valence-corrected chi connectivity index (χ1v) is 8.09. The number of anilines is 1. The number of nitriles is 1. The van der Waals surface area contributed by atoms with Crippen molar-refractivity contribution in [3.05, 3.63) is 28.8 Å². The second-order valence-electron chi connectivity index (χ2n) is 5.21. The van der Waals surface area contributed by atoms with Gasteiger partial charge in [0.25, 0.3) is 0 Å². The van der Waals surface area contributed by atoms with Crippen LogP contribution in [0.5, 0.6) is 0 Å². The van der Waals surface area contributed by atoms with Gasteiger partial charge in [-0.3, -0.25) is 0 Å². The minimum atomic E-state index is 0.604. The van der Waals surface area contributed by atoms with E-state index in [1.807, 2.05) is 6.07 Å². The Bertz CT molecular complexity index is 423. The molecule has 1 aromatic carbocycles. The largest absolute Gasteiger partial charge is 0.384 e. The summed E-state index contributed by atoms with van der Waals surface area (Å²) >= 11 is 6.11. The third kappa shape index (κ3) is 6.82. The fraction of sp³-hybridized carbons (Fsp3) is 0.588. The highest BCUT2D eigenvalue weighted by atomic mass is 35.5. The lowest BCUT2D eigenvalue weighted by molar-refractivity contribution is 0.581. The van der Waals surface area contributed by atoms with Gasteiger partial charge in [0.15, 0.2) is 0 Å². The Labute approximate surface area is 128 Å². The second-order valence-corrected chi connectivity index (χ2v) is 5.62. The van der Waals surface area contributed by atoms with Crippen molar-refractivity contribution in [2.24, 2.45) is 0 Å². The van der Waals surface area contributed by atoms with Gasteiger partial charge >= 0.3 is 0 Å². The molecule has 0 unspecified atom stereocenters. The van der Waals surface area contributed by atoms with Crippen LogP contribution < -0.4 is 5.32 Å². The Morgan fingerprint density at radius 3 is 2.30 bits per heavy atom. The monoisotopic (exact) mass is 292 g/mol. The maximum Gasteiger partial charge on any atom is 0.0992 e. The van der Waals surface area contributed by atoms with Crippen molar-refractivity contribution in [3.63, 3.8) is 0 Å². The molecule has 0 aliphatic rings. The minimum absolute atomic E-state index is 0.604. The van der Waals surface area contributed by atoms with Gasteiger partial charge in [-0.15, -0.1) is 0 Å². The third-order valence-electron chi connectivity index (χ3n) is 3.44. The first-order valence-electron chi connectivity index (χ1n) is 7.71. The van der Waals surface area contributed by atoms with E-state index >= 15 is 0 Å². The Balaban J connectivity index is 2.08. The predicted octanol–water partition coefficient (Wildman–Crippen LogP) is 5.76.